The molecule has 1 aromatic heterocycles. The summed E-state index contributed by atoms with van der Waals surface area (Å²) in [5.74, 6) is -2.21. The lowest BCUT2D eigenvalue weighted by atomic mass is 10.1. The highest BCUT2D eigenvalue weighted by Gasteiger charge is 2.30. The molecule has 2 N–H and O–H groups in total. The number of nitrogens with zero attached hydrogens (tertiary/aromatic N) is 2. The molecule has 0 fully saturated rings. The highest BCUT2D eigenvalue weighted by atomic mass is 19.1. The molecule has 8 heteroatoms. The number of anilines is 1. The van der Waals surface area contributed by atoms with Crippen molar-refractivity contribution < 1.29 is 23.8 Å². The highest BCUT2D eigenvalue weighted by molar-refractivity contribution is 6.04. The minimum atomic E-state index is -1.25. The van der Waals surface area contributed by atoms with E-state index in [1.165, 1.54) is 50.2 Å². The first kappa shape index (κ1) is 16.5. The number of halogens is 1. The summed E-state index contributed by atoms with van der Waals surface area (Å²) in [7, 11) is 1.33. The number of aromatic nitrogens is 2. The number of carbonyl (C=O) groups excluding carboxylic acids is 1. The van der Waals surface area contributed by atoms with Gasteiger partial charge in [0.25, 0.3) is 5.91 Å². The van der Waals surface area contributed by atoms with Crippen molar-refractivity contribution in [3.8, 4) is 5.75 Å². The van der Waals surface area contributed by atoms with Gasteiger partial charge in [-0.2, -0.15) is 5.10 Å². The fraction of sp³-hybridized carbons (Fsp3) is 0.267. The van der Waals surface area contributed by atoms with E-state index in [0.29, 0.717) is 5.69 Å². The van der Waals surface area contributed by atoms with E-state index in [4.69, 9.17) is 9.84 Å². The third-order valence-electron chi connectivity index (χ3n) is 3.35. The minimum absolute atomic E-state index is 0.0394. The standard InChI is InChI=1S/C15H16FN3O4/c1-15(2,14(21)22)19-8-10(7-17-19)18-13(20)9-4-5-12(23-3)11(16)6-9/h4-8H,1-3H3,(H,18,20)(H,21,22). The lowest BCUT2D eigenvalue weighted by Crippen LogP contribution is -2.35. The maximum atomic E-state index is 13.6. The van der Waals surface area contributed by atoms with Crippen LogP contribution in [0.3, 0.4) is 0 Å². The van der Waals surface area contributed by atoms with Gasteiger partial charge in [0.2, 0.25) is 0 Å². The molecule has 0 aliphatic rings. The van der Waals surface area contributed by atoms with Crippen LogP contribution in [-0.2, 0) is 10.3 Å². The van der Waals surface area contributed by atoms with Crippen molar-refractivity contribution in [3.05, 3.63) is 42.0 Å². The van der Waals surface area contributed by atoms with Crippen molar-refractivity contribution in [1.82, 2.24) is 9.78 Å². The van der Waals surface area contributed by atoms with Crippen molar-refractivity contribution in [3.63, 3.8) is 0 Å². The Kier molecular flexibility index (Phi) is 4.35. The summed E-state index contributed by atoms with van der Waals surface area (Å²) >= 11 is 0. The molecule has 0 spiro atoms. The molecule has 2 aromatic rings. The average Bonchev–Trinajstić information content (AvgIpc) is 2.96. The number of amides is 1. The summed E-state index contributed by atoms with van der Waals surface area (Å²) in [4.78, 5) is 23.3. The summed E-state index contributed by atoms with van der Waals surface area (Å²) in [6.45, 7) is 2.96. The second-order valence-electron chi connectivity index (χ2n) is 5.34. The van der Waals surface area contributed by atoms with Crippen LogP contribution in [0.15, 0.2) is 30.6 Å². The van der Waals surface area contributed by atoms with Gasteiger partial charge in [-0.1, -0.05) is 0 Å². The van der Waals surface area contributed by atoms with Crippen LogP contribution in [0.5, 0.6) is 5.75 Å². The van der Waals surface area contributed by atoms with Crippen LogP contribution in [0.4, 0.5) is 10.1 Å². The quantitative estimate of drug-likeness (QED) is 0.879. The third kappa shape index (κ3) is 3.31. The molecule has 0 aliphatic carbocycles. The van der Waals surface area contributed by atoms with Gasteiger partial charge in [0.1, 0.15) is 0 Å². The summed E-state index contributed by atoms with van der Waals surface area (Å²) < 4.78 is 19.6. The Morgan fingerprint density at radius 2 is 2.09 bits per heavy atom. The van der Waals surface area contributed by atoms with Crippen molar-refractivity contribution >= 4 is 17.6 Å². The Balaban J connectivity index is 2.17. The van der Waals surface area contributed by atoms with E-state index in [0.717, 1.165) is 6.07 Å². The van der Waals surface area contributed by atoms with Crippen LogP contribution in [0.25, 0.3) is 0 Å². The molecule has 7 nitrogen and oxygen atoms in total. The predicted octanol–water partition coefficient (Wildman–Crippen LogP) is 2.10. The Hall–Kier alpha value is -2.90. The molecule has 0 unspecified atom stereocenters. The molecule has 0 aliphatic heterocycles. The molecule has 1 amide bonds. The normalized spacial score (nSPS) is 11.1. The van der Waals surface area contributed by atoms with E-state index in [2.05, 4.69) is 10.4 Å². The largest absolute Gasteiger partial charge is 0.494 e. The summed E-state index contributed by atoms with van der Waals surface area (Å²) in [5, 5.41) is 15.6. The fourth-order valence-electron chi connectivity index (χ4n) is 1.80. The summed E-state index contributed by atoms with van der Waals surface area (Å²) in [5.41, 5.74) is -0.844. The molecule has 1 aromatic carbocycles. The Labute approximate surface area is 131 Å². The van der Waals surface area contributed by atoms with E-state index >= 15 is 0 Å². The van der Waals surface area contributed by atoms with E-state index in [9.17, 15) is 14.0 Å². The van der Waals surface area contributed by atoms with Crippen LogP contribution < -0.4 is 10.1 Å². The first-order chi connectivity index (χ1) is 10.8. The lowest BCUT2D eigenvalue weighted by Gasteiger charge is -2.19. The molecule has 122 valence electrons. The first-order valence-corrected chi connectivity index (χ1v) is 6.69. The number of methoxy groups -OCH3 is 1. The zero-order valence-electron chi connectivity index (χ0n) is 12.8. The first-order valence-electron chi connectivity index (χ1n) is 6.69. The van der Waals surface area contributed by atoms with E-state index in [1.54, 1.807) is 0 Å². The van der Waals surface area contributed by atoms with Crippen molar-refractivity contribution in [2.75, 3.05) is 12.4 Å². The van der Waals surface area contributed by atoms with Crippen molar-refractivity contribution in [2.45, 2.75) is 19.4 Å². The van der Waals surface area contributed by atoms with Crippen LogP contribution in [-0.4, -0.2) is 33.9 Å². The smallest absolute Gasteiger partial charge is 0.331 e. The number of rotatable bonds is 5. The molecule has 0 saturated heterocycles. The second-order valence-corrected chi connectivity index (χ2v) is 5.34. The highest BCUT2D eigenvalue weighted by Crippen LogP contribution is 2.20. The van der Waals surface area contributed by atoms with Gasteiger partial charge in [0.05, 0.1) is 19.0 Å². The number of carboxylic acids is 1. The van der Waals surface area contributed by atoms with Gasteiger partial charge in [-0.25, -0.2) is 9.18 Å². The monoisotopic (exact) mass is 321 g/mol. The number of ether oxygens (including phenoxy) is 1. The molecule has 0 bridgehead atoms. The second kappa shape index (κ2) is 6.07. The van der Waals surface area contributed by atoms with Gasteiger partial charge in [-0.15, -0.1) is 0 Å². The molecule has 0 radical (unpaired) electrons. The number of carboxylic acid groups (broad SMARTS) is 1. The zero-order valence-corrected chi connectivity index (χ0v) is 12.8. The van der Waals surface area contributed by atoms with Gasteiger partial charge < -0.3 is 15.2 Å². The van der Waals surface area contributed by atoms with Gasteiger partial charge >= 0.3 is 5.97 Å². The number of carbonyl (C=O) groups is 2. The minimum Gasteiger partial charge on any atom is -0.494 e. The fourth-order valence-corrected chi connectivity index (χ4v) is 1.80. The van der Waals surface area contributed by atoms with Gasteiger partial charge in [-0.05, 0) is 32.0 Å². The SMILES string of the molecule is COc1ccc(C(=O)Nc2cnn(C(C)(C)C(=O)O)c2)cc1F. The predicted molar refractivity (Wildman–Crippen MR) is 80.1 cm³/mol. The van der Waals surface area contributed by atoms with Crippen LogP contribution in [0.2, 0.25) is 0 Å². The van der Waals surface area contributed by atoms with Crippen LogP contribution in [0, 0.1) is 5.82 Å². The number of hydrogen-bond acceptors (Lipinski definition) is 4. The van der Waals surface area contributed by atoms with E-state index in [-0.39, 0.29) is 11.3 Å². The van der Waals surface area contributed by atoms with Crippen molar-refractivity contribution in [1.29, 1.82) is 0 Å². The van der Waals surface area contributed by atoms with Gasteiger partial charge in [0, 0.05) is 11.8 Å². The Bertz CT molecular complexity index is 755. The van der Waals surface area contributed by atoms with Gasteiger partial charge in [0.15, 0.2) is 17.1 Å². The molecule has 0 saturated carbocycles. The third-order valence-corrected chi connectivity index (χ3v) is 3.35. The van der Waals surface area contributed by atoms with Crippen LogP contribution in [0.1, 0.15) is 24.2 Å². The average molecular weight is 321 g/mol. The van der Waals surface area contributed by atoms with E-state index < -0.39 is 23.2 Å². The Morgan fingerprint density at radius 3 is 2.65 bits per heavy atom. The zero-order chi connectivity index (χ0) is 17.2. The lowest BCUT2D eigenvalue weighted by molar-refractivity contribution is -0.146. The Morgan fingerprint density at radius 1 is 1.39 bits per heavy atom. The summed E-state index contributed by atoms with van der Waals surface area (Å²) in [6.07, 6.45) is 2.72. The number of nitrogens with one attached hydrogen (secondary N) is 1. The molecule has 0 atom stereocenters. The molecular formula is C15H16FN3O4. The topological polar surface area (TPSA) is 93.5 Å². The maximum Gasteiger partial charge on any atom is 0.331 e. The summed E-state index contributed by atoms with van der Waals surface area (Å²) in [6, 6.07) is 3.82. The molecule has 2 rings (SSSR count). The molecular weight excluding hydrogens is 305 g/mol. The maximum absolute atomic E-state index is 13.6. The number of benzene rings is 1. The van der Waals surface area contributed by atoms with E-state index in [1.807, 2.05) is 0 Å². The number of hydrogen-bond donors (Lipinski definition) is 2. The van der Waals surface area contributed by atoms with Crippen molar-refractivity contribution in [2.24, 2.45) is 0 Å². The number of aliphatic carboxylic acids is 1. The molecule has 23 heavy (non-hydrogen) atoms. The van der Waals surface area contributed by atoms with Crippen LogP contribution >= 0.6 is 0 Å². The van der Waals surface area contributed by atoms with Gasteiger partial charge in [-0.3, -0.25) is 9.48 Å². The molecule has 1 heterocycles.